The lowest BCUT2D eigenvalue weighted by Gasteiger charge is -2.18. The van der Waals surface area contributed by atoms with Gasteiger partial charge in [-0.25, -0.2) is 8.42 Å². The molecule has 0 radical (unpaired) electrons. The van der Waals surface area contributed by atoms with E-state index in [1.807, 2.05) is 20.8 Å². The van der Waals surface area contributed by atoms with Crippen molar-refractivity contribution < 1.29 is 13.2 Å². The third kappa shape index (κ3) is 3.90. The van der Waals surface area contributed by atoms with E-state index in [9.17, 15) is 13.2 Å². The largest absolute Gasteiger partial charge is 0.294 e. The third-order valence-electron chi connectivity index (χ3n) is 3.28. The molecule has 4 nitrogen and oxygen atoms in total. The molecule has 20 heavy (non-hydrogen) atoms. The average molecular weight is 297 g/mol. The number of carbonyl (C=O) groups is 1. The number of unbranched alkanes of at least 4 members (excludes halogenated alkanes) is 1. The van der Waals surface area contributed by atoms with Crippen LogP contribution < -0.4 is 0 Å². The Morgan fingerprint density at radius 3 is 2.05 bits per heavy atom. The molecule has 0 atom stereocenters. The lowest BCUT2D eigenvalue weighted by atomic mass is 10.1. The molecular weight excluding hydrogens is 274 g/mol. The van der Waals surface area contributed by atoms with Crippen LogP contribution in [0.25, 0.3) is 0 Å². The van der Waals surface area contributed by atoms with Gasteiger partial charge in [0.2, 0.25) is 10.0 Å². The lowest BCUT2D eigenvalue weighted by Crippen LogP contribution is -2.30. The third-order valence-corrected chi connectivity index (χ3v) is 5.34. The monoisotopic (exact) mass is 297 g/mol. The maximum Gasteiger partial charge on any atom is 0.243 e. The molecule has 0 saturated carbocycles. The van der Waals surface area contributed by atoms with Crippen LogP contribution in [-0.2, 0) is 10.0 Å². The van der Waals surface area contributed by atoms with Crippen molar-refractivity contribution in [3.63, 3.8) is 0 Å². The van der Waals surface area contributed by atoms with Gasteiger partial charge < -0.3 is 0 Å². The molecule has 5 heteroatoms. The fraction of sp³-hybridized carbons (Fsp3) is 0.533. The molecule has 0 heterocycles. The second-order valence-corrected chi connectivity index (χ2v) is 6.58. The highest BCUT2D eigenvalue weighted by atomic mass is 32.2. The first-order chi connectivity index (χ1) is 9.47. The van der Waals surface area contributed by atoms with E-state index in [0.29, 0.717) is 25.1 Å². The van der Waals surface area contributed by atoms with Crippen molar-refractivity contribution >= 4 is 15.8 Å². The standard InChI is InChI=1S/C15H23NO3S/c1-4-7-8-15(17)13-9-11-14(12-10-13)20(18,19)16(5-2)6-3/h9-12H,4-8H2,1-3H3. The van der Waals surface area contributed by atoms with E-state index >= 15 is 0 Å². The number of nitrogens with zero attached hydrogens (tertiary/aromatic N) is 1. The SMILES string of the molecule is CCCCC(=O)c1ccc(S(=O)(=O)N(CC)CC)cc1. The number of hydrogen-bond donors (Lipinski definition) is 0. The summed E-state index contributed by atoms with van der Waals surface area (Å²) in [4.78, 5) is 12.1. The van der Waals surface area contributed by atoms with Crippen molar-refractivity contribution in [1.29, 1.82) is 0 Å². The van der Waals surface area contributed by atoms with Gasteiger partial charge in [-0.3, -0.25) is 4.79 Å². The van der Waals surface area contributed by atoms with E-state index in [-0.39, 0.29) is 10.7 Å². The van der Waals surface area contributed by atoms with Crippen molar-refractivity contribution in [1.82, 2.24) is 4.31 Å². The highest BCUT2D eigenvalue weighted by Gasteiger charge is 2.21. The summed E-state index contributed by atoms with van der Waals surface area (Å²) in [6.45, 7) is 6.53. The molecule has 0 N–H and O–H groups in total. The van der Waals surface area contributed by atoms with Crippen LogP contribution in [0.5, 0.6) is 0 Å². The second kappa shape index (κ2) is 7.55. The molecule has 0 aromatic heterocycles. The van der Waals surface area contributed by atoms with Gasteiger partial charge in [0.25, 0.3) is 0 Å². The van der Waals surface area contributed by atoms with Crippen LogP contribution >= 0.6 is 0 Å². The number of benzene rings is 1. The first-order valence-corrected chi connectivity index (χ1v) is 8.54. The van der Waals surface area contributed by atoms with Crippen LogP contribution in [0.1, 0.15) is 50.4 Å². The summed E-state index contributed by atoms with van der Waals surface area (Å²) in [5.41, 5.74) is 0.581. The summed E-state index contributed by atoms with van der Waals surface area (Å²) in [5, 5.41) is 0. The van der Waals surface area contributed by atoms with Gasteiger partial charge >= 0.3 is 0 Å². The fourth-order valence-electron chi connectivity index (χ4n) is 2.01. The van der Waals surface area contributed by atoms with E-state index in [0.717, 1.165) is 12.8 Å². The number of carbonyl (C=O) groups excluding carboxylic acids is 1. The van der Waals surface area contributed by atoms with Gasteiger partial charge in [-0.1, -0.05) is 39.3 Å². The minimum atomic E-state index is -3.44. The Labute approximate surface area is 121 Å². The first-order valence-electron chi connectivity index (χ1n) is 7.10. The Kier molecular flexibility index (Phi) is 6.36. The van der Waals surface area contributed by atoms with Crippen LogP contribution in [0, 0.1) is 0 Å². The molecule has 1 rings (SSSR count). The molecule has 0 amide bonds. The number of hydrogen-bond acceptors (Lipinski definition) is 3. The van der Waals surface area contributed by atoms with Gasteiger partial charge in [0, 0.05) is 25.1 Å². The van der Waals surface area contributed by atoms with E-state index in [4.69, 9.17) is 0 Å². The number of rotatable bonds is 8. The van der Waals surface area contributed by atoms with Crippen molar-refractivity contribution in [2.75, 3.05) is 13.1 Å². The summed E-state index contributed by atoms with van der Waals surface area (Å²) in [6, 6.07) is 6.25. The molecule has 0 aliphatic carbocycles. The lowest BCUT2D eigenvalue weighted by molar-refractivity contribution is 0.0979. The Morgan fingerprint density at radius 1 is 1.05 bits per heavy atom. The molecule has 1 aromatic rings. The van der Waals surface area contributed by atoms with E-state index in [1.54, 1.807) is 12.1 Å². The van der Waals surface area contributed by atoms with Crippen LogP contribution in [0.4, 0.5) is 0 Å². The van der Waals surface area contributed by atoms with Gasteiger partial charge in [-0.05, 0) is 18.6 Å². The van der Waals surface area contributed by atoms with Crippen molar-refractivity contribution in [2.45, 2.75) is 44.9 Å². The minimum Gasteiger partial charge on any atom is -0.294 e. The Balaban J connectivity index is 2.94. The second-order valence-electron chi connectivity index (χ2n) is 4.64. The van der Waals surface area contributed by atoms with Crippen LogP contribution in [0.2, 0.25) is 0 Å². The molecule has 0 saturated heterocycles. The van der Waals surface area contributed by atoms with Gasteiger partial charge in [0.1, 0.15) is 0 Å². The zero-order valence-corrected chi connectivity index (χ0v) is 13.2. The van der Waals surface area contributed by atoms with Crippen LogP contribution in [-0.4, -0.2) is 31.6 Å². The van der Waals surface area contributed by atoms with Crippen molar-refractivity contribution in [3.8, 4) is 0 Å². The quantitative estimate of drug-likeness (QED) is 0.693. The Bertz CT molecular complexity index is 531. The van der Waals surface area contributed by atoms with Crippen LogP contribution in [0.15, 0.2) is 29.2 Å². The van der Waals surface area contributed by atoms with Gasteiger partial charge in [0.05, 0.1) is 4.90 Å². The highest BCUT2D eigenvalue weighted by Crippen LogP contribution is 2.17. The van der Waals surface area contributed by atoms with E-state index in [1.165, 1.54) is 16.4 Å². The molecule has 0 aliphatic rings. The average Bonchev–Trinajstić information content (AvgIpc) is 2.46. The summed E-state index contributed by atoms with van der Waals surface area (Å²) in [7, 11) is -3.44. The molecule has 1 aromatic carbocycles. The minimum absolute atomic E-state index is 0.0682. The summed E-state index contributed by atoms with van der Waals surface area (Å²) in [5.74, 6) is 0.0682. The van der Waals surface area contributed by atoms with Gasteiger partial charge in [-0.15, -0.1) is 0 Å². The summed E-state index contributed by atoms with van der Waals surface area (Å²) in [6.07, 6.45) is 2.34. The predicted octanol–water partition coefficient (Wildman–Crippen LogP) is 3.09. The molecule has 0 bridgehead atoms. The number of sulfonamides is 1. The Hall–Kier alpha value is -1.20. The van der Waals surface area contributed by atoms with Crippen LogP contribution in [0.3, 0.4) is 0 Å². The normalized spacial score (nSPS) is 11.8. The molecule has 112 valence electrons. The zero-order chi connectivity index (χ0) is 15.2. The molecule has 0 aliphatic heterocycles. The molecular formula is C15H23NO3S. The van der Waals surface area contributed by atoms with E-state index in [2.05, 4.69) is 0 Å². The Morgan fingerprint density at radius 2 is 1.60 bits per heavy atom. The van der Waals surface area contributed by atoms with Gasteiger partial charge in [-0.2, -0.15) is 4.31 Å². The van der Waals surface area contributed by atoms with Crippen molar-refractivity contribution in [3.05, 3.63) is 29.8 Å². The molecule has 0 unspecified atom stereocenters. The first kappa shape index (κ1) is 16.9. The number of ketones is 1. The fourth-order valence-corrected chi connectivity index (χ4v) is 3.47. The summed E-state index contributed by atoms with van der Waals surface area (Å²) >= 11 is 0. The van der Waals surface area contributed by atoms with Crippen molar-refractivity contribution in [2.24, 2.45) is 0 Å². The molecule has 0 spiro atoms. The topological polar surface area (TPSA) is 54.5 Å². The molecule has 0 fully saturated rings. The number of Topliss-reactive ketones (excluding diaryl/α,β-unsaturated/α-hetero) is 1. The smallest absolute Gasteiger partial charge is 0.243 e. The zero-order valence-electron chi connectivity index (χ0n) is 12.4. The predicted molar refractivity (Wildman–Crippen MR) is 80.4 cm³/mol. The van der Waals surface area contributed by atoms with Gasteiger partial charge in [0.15, 0.2) is 5.78 Å². The maximum absolute atomic E-state index is 12.3. The maximum atomic E-state index is 12.3. The highest BCUT2D eigenvalue weighted by molar-refractivity contribution is 7.89. The van der Waals surface area contributed by atoms with E-state index < -0.39 is 10.0 Å². The summed E-state index contributed by atoms with van der Waals surface area (Å²) < 4.78 is 26.0.